The predicted octanol–water partition coefficient (Wildman–Crippen LogP) is 5.46. The number of benzene rings is 2. The van der Waals surface area contributed by atoms with Crippen molar-refractivity contribution in [2.24, 2.45) is 0 Å². The lowest BCUT2D eigenvalue weighted by molar-refractivity contribution is -0.137. The van der Waals surface area contributed by atoms with Crippen LogP contribution in [0.2, 0.25) is 0 Å². The Morgan fingerprint density at radius 2 is 1.77 bits per heavy atom. The molecule has 3 aliphatic rings. The van der Waals surface area contributed by atoms with Crippen LogP contribution in [0.1, 0.15) is 38.2 Å². The molecule has 0 saturated carbocycles. The summed E-state index contributed by atoms with van der Waals surface area (Å²) >= 11 is 0.760. The van der Waals surface area contributed by atoms with E-state index >= 15 is 4.39 Å². The average Bonchev–Trinajstić information content (AvgIpc) is 3.74. The number of nitrogens with zero attached hydrogens (tertiary/aromatic N) is 6. The second kappa shape index (κ2) is 11.7. The molecule has 3 saturated heterocycles. The van der Waals surface area contributed by atoms with Crippen LogP contribution >= 0.6 is 11.3 Å². The lowest BCUT2D eigenvalue weighted by Crippen LogP contribution is -2.48. The molecule has 0 radical (unpaired) electrons. The van der Waals surface area contributed by atoms with Crippen molar-refractivity contribution in [1.29, 1.82) is 0 Å². The van der Waals surface area contributed by atoms with Gasteiger partial charge in [0.25, 0.3) is 5.91 Å². The van der Waals surface area contributed by atoms with E-state index in [1.54, 1.807) is 16.7 Å². The Hall–Kier alpha value is -4.29. The van der Waals surface area contributed by atoms with E-state index in [9.17, 15) is 22.4 Å². The fraction of sp³-hybridized carbons (Fsp3) is 0.438. The van der Waals surface area contributed by atoms with Gasteiger partial charge in [0.2, 0.25) is 0 Å². The van der Waals surface area contributed by atoms with Crippen molar-refractivity contribution in [3.63, 3.8) is 0 Å². The van der Waals surface area contributed by atoms with Crippen LogP contribution in [-0.4, -0.2) is 82.1 Å². The molecule has 4 aromatic rings. The van der Waals surface area contributed by atoms with E-state index in [1.165, 1.54) is 0 Å². The molecule has 0 atom stereocenters. The monoisotopic (exact) mass is 671 g/mol. The molecule has 15 heteroatoms. The maximum atomic E-state index is 16.8. The SMILES string of the molecule is CC#CC(=O)N1CCN(c2nc(OCC34CCCN3CCC4)nc3c(F)c(-c4ccc(F)c5sc(N)nc45)c(C(F)(F)F)cc23)CC1. The van der Waals surface area contributed by atoms with E-state index in [1.807, 2.05) is 0 Å². The van der Waals surface area contributed by atoms with Crippen LogP contribution in [0.15, 0.2) is 18.2 Å². The van der Waals surface area contributed by atoms with E-state index in [4.69, 9.17) is 10.5 Å². The number of nitrogen functional groups attached to an aromatic ring is 1. The Bertz CT molecular complexity index is 1950. The summed E-state index contributed by atoms with van der Waals surface area (Å²) in [6.45, 7) is 4.59. The van der Waals surface area contributed by atoms with Crippen molar-refractivity contribution in [2.45, 2.75) is 44.3 Å². The zero-order chi connectivity index (χ0) is 33.1. The van der Waals surface area contributed by atoms with Gasteiger partial charge in [-0.2, -0.15) is 23.1 Å². The van der Waals surface area contributed by atoms with E-state index in [-0.39, 0.29) is 87.9 Å². The van der Waals surface area contributed by atoms with Crippen molar-refractivity contribution in [3.8, 4) is 29.0 Å². The summed E-state index contributed by atoms with van der Waals surface area (Å²) in [6, 6.07) is 2.70. The number of anilines is 2. The second-order valence-electron chi connectivity index (χ2n) is 12.0. The highest BCUT2D eigenvalue weighted by Gasteiger charge is 2.45. The summed E-state index contributed by atoms with van der Waals surface area (Å²) in [5.41, 5.74) is 2.66. The van der Waals surface area contributed by atoms with Crippen LogP contribution in [0.5, 0.6) is 6.01 Å². The zero-order valence-electron chi connectivity index (χ0n) is 25.4. The molecule has 2 aromatic carbocycles. The van der Waals surface area contributed by atoms with Gasteiger partial charge in [0, 0.05) is 42.7 Å². The number of halogens is 5. The molecule has 1 amide bonds. The summed E-state index contributed by atoms with van der Waals surface area (Å²) in [5.74, 6) is 2.78. The van der Waals surface area contributed by atoms with Gasteiger partial charge in [0.05, 0.1) is 21.3 Å². The summed E-state index contributed by atoms with van der Waals surface area (Å²) < 4.78 is 81.9. The second-order valence-corrected chi connectivity index (χ2v) is 13.1. The molecule has 246 valence electrons. The number of thiazole rings is 1. The number of amides is 1. The number of aromatic nitrogens is 3. The number of rotatable bonds is 5. The highest BCUT2D eigenvalue weighted by Crippen LogP contribution is 2.46. The molecule has 0 unspecified atom stereocenters. The van der Waals surface area contributed by atoms with Crippen LogP contribution in [0, 0.1) is 23.5 Å². The molecule has 5 heterocycles. The van der Waals surface area contributed by atoms with Gasteiger partial charge in [-0.3, -0.25) is 9.69 Å². The van der Waals surface area contributed by atoms with Crippen molar-refractivity contribution < 1.29 is 31.5 Å². The normalized spacial score (nSPS) is 18.1. The zero-order valence-corrected chi connectivity index (χ0v) is 26.2. The van der Waals surface area contributed by atoms with E-state index in [2.05, 4.69) is 31.7 Å². The number of fused-ring (bicyclic) bond motifs is 3. The van der Waals surface area contributed by atoms with Gasteiger partial charge in [0.1, 0.15) is 23.8 Å². The number of ether oxygens (including phenoxy) is 1. The molecule has 3 aliphatic heterocycles. The molecule has 47 heavy (non-hydrogen) atoms. The maximum Gasteiger partial charge on any atom is 0.417 e. The van der Waals surface area contributed by atoms with Crippen molar-refractivity contribution in [1.82, 2.24) is 24.8 Å². The Morgan fingerprint density at radius 3 is 2.45 bits per heavy atom. The van der Waals surface area contributed by atoms with Gasteiger partial charge < -0.3 is 20.3 Å². The number of carbonyl (C=O) groups excluding carboxylic acids is 1. The number of alkyl halides is 3. The Labute approximate surface area is 270 Å². The van der Waals surface area contributed by atoms with Gasteiger partial charge in [0.15, 0.2) is 10.9 Å². The minimum absolute atomic E-state index is 0.0592. The van der Waals surface area contributed by atoms with Gasteiger partial charge in [-0.05, 0) is 69.8 Å². The summed E-state index contributed by atoms with van der Waals surface area (Å²) in [4.78, 5) is 31.0. The molecular weight excluding hydrogens is 641 g/mol. The average molecular weight is 672 g/mol. The van der Waals surface area contributed by atoms with E-state index < -0.39 is 28.9 Å². The molecule has 0 bridgehead atoms. The quantitative estimate of drug-likeness (QED) is 0.221. The lowest BCUT2D eigenvalue weighted by Gasteiger charge is -2.35. The van der Waals surface area contributed by atoms with E-state index in [0.717, 1.165) is 68.3 Å². The first-order valence-electron chi connectivity index (χ1n) is 15.3. The fourth-order valence-corrected chi connectivity index (χ4v) is 7.91. The molecule has 9 nitrogen and oxygen atoms in total. The van der Waals surface area contributed by atoms with Crippen molar-refractivity contribution >= 4 is 49.3 Å². The molecule has 7 rings (SSSR count). The third kappa shape index (κ3) is 5.46. The Morgan fingerprint density at radius 1 is 1.04 bits per heavy atom. The summed E-state index contributed by atoms with van der Waals surface area (Å²) in [7, 11) is 0. The van der Waals surface area contributed by atoms with Crippen LogP contribution in [0.25, 0.3) is 32.2 Å². The van der Waals surface area contributed by atoms with Crippen LogP contribution in [0.3, 0.4) is 0 Å². The fourth-order valence-electron chi connectivity index (χ4n) is 7.14. The topological polar surface area (TPSA) is 101 Å². The molecule has 0 spiro atoms. The van der Waals surface area contributed by atoms with Gasteiger partial charge >= 0.3 is 12.2 Å². The third-order valence-corrected chi connectivity index (χ3v) is 10.2. The Balaban J connectivity index is 1.39. The molecule has 3 fully saturated rings. The number of hydrogen-bond donors (Lipinski definition) is 1. The lowest BCUT2D eigenvalue weighted by atomic mass is 9.95. The molecule has 2 aromatic heterocycles. The molecular formula is C32H30F5N7O2S. The first kappa shape index (κ1) is 31.3. The first-order chi connectivity index (χ1) is 22.5. The largest absolute Gasteiger partial charge is 0.461 e. The number of nitrogens with two attached hydrogens (primary N) is 1. The minimum atomic E-state index is -5.02. The minimum Gasteiger partial charge on any atom is -0.461 e. The standard InChI is InChI=1S/C32H30F5N7O2S/c1-2-5-22(45)42-12-14-43(15-13-42)28-19-16-20(32(35,36)37)23(18-6-7-21(33)27-26(18)39-29(38)47-27)24(34)25(19)40-30(41-28)46-17-31-8-3-10-44(31)11-4-9-31/h6-7,16H,3-4,8-15,17H2,1H3,(H2,38,39). The van der Waals surface area contributed by atoms with Crippen LogP contribution in [0.4, 0.5) is 32.9 Å². The predicted molar refractivity (Wildman–Crippen MR) is 168 cm³/mol. The van der Waals surface area contributed by atoms with E-state index in [0.29, 0.717) is 0 Å². The number of piperazine rings is 1. The molecule has 0 aliphatic carbocycles. The first-order valence-corrected chi connectivity index (χ1v) is 16.1. The van der Waals surface area contributed by atoms with Crippen molar-refractivity contribution in [3.05, 3.63) is 35.4 Å². The third-order valence-electron chi connectivity index (χ3n) is 9.36. The van der Waals surface area contributed by atoms with Gasteiger partial charge in [-0.1, -0.05) is 17.3 Å². The Kier molecular flexibility index (Phi) is 7.83. The van der Waals surface area contributed by atoms with Crippen LogP contribution < -0.4 is 15.4 Å². The molecule has 2 N–H and O–H groups in total. The summed E-state index contributed by atoms with van der Waals surface area (Å²) in [6.07, 6.45) is -1.13. The number of hydrogen-bond acceptors (Lipinski definition) is 9. The highest BCUT2D eigenvalue weighted by atomic mass is 32.1. The highest BCUT2D eigenvalue weighted by molar-refractivity contribution is 7.22. The summed E-state index contributed by atoms with van der Waals surface area (Å²) in [5, 5.41) is -0.243. The maximum absolute atomic E-state index is 16.8. The van der Waals surface area contributed by atoms with Gasteiger partial charge in [-0.25, -0.2) is 13.8 Å². The van der Waals surface area contributed by atoms with Crippen LogP contribution in [-0.2, 0) is 11.0 Å². The van der Waals surface area contributed by atoms with Gasteiger partial charge in [-0.15, -0.1) is 0 Å². The smallest absolute Gasteiger partial charge is 0.417 e. The number of carbonyl (C=O) groups is 1. The van der Waals surface area contributed by atoms with Crippen molar-refractivity contribution in [2.75, 3.05) is 56.5 Å².